The molecule has 1 aliphatic heterocycles. The van der Waals surface area contributed by atoms with Crippen molar-refractivity contribution in [2.75, 3.05) is 6.61 Å². The zero-order valence-electron chi connectivity index (χ0n) is 8.62. The Labute approximate surface area is 82.9 Å². The first-order valence-corrected chi connectivity index (χ1v) is 4.64. The van der Waals surface area contributed by atoms with Gasteiger partial charge in [-0.2, -0.15) is 0 Å². The molecule has 0 N–H and O–H groups in total. The van der Waals surface area contributed by atoms with Gasteiger partial charge in [0.2, 0.25) is 0 Å². The lowest BCUT2D eigenvalue weighted by molar-refractivity contribution is -0.144. The Kier molecular flexibility index (Phi) is 3.28. The van der Waals surface area contributed by atoms with Gasteiger partial charge in [0.25, 0.3) is 0 Å². The molecule has 0 amide bonds. The maximum absolute atomic E-state index is 11.5. The molecule has 0 radical (unpaired) electrons. The lowest BCUT2D eigenvalue weighted by Crippen LogP contribution is -2.24. The van der Waals surface area contributed by atoms with Crippen molar-refractivity contribution < 1.29 is 19.1 Å². The summed E-state index contributed by atoms with van der Waals surface area (Å²) in [6.45, 7) is 5.50. The molecule has 14 heavy (non-hydrogen) atoms. The lowest BCUT2D eigenvalue weighted by Gasteiger charge is -2.21. The maximum atomic E-state index is 11.5. The number of esters is 2. The van der Waals surface area contributed by atoms with Gasteiger partial charge in [-0.15, -0.1) is 0 Å². The Morgan fingerprint density at radius 2 is 2.29 bits per heavy atom. The summed E-state index contributed by atoms with van der Waals surface area (Å²) in [7, 11) is 0. The number of hydrogen-bond acceptors (Lipinski definition) is 4. The minimum Gasteiger partial charge on any atom is -0.463 e. The molecule has 1 heterocycles. The number of cyclic esters (lactones) is 1. The fourth-order valence-corrected chi connectivity index (χ4v) is 1.52. The molecule has 1 unspecified atom stereocenters. The van der Waals surface area contributed by atoms with Crippen molar-refractivity contribution >= 4 is 11.9 Å². The average molecular weight is 198 g/mol. The van der Waals surface area contributed by atoms with Crippen molar-refractivity contribution in [1.29, 1.82) is 0 Å². The molecule has 1 rings (SSSR count). The summed E-state index contributed by atoms with van der Waals surface area (Å²) in [5.74, 6) is -0.421. The number of allylic oxidation sites excluding steroid dienone is 1. The van der Waals surface area contributed by atoms with Crippen LogP contribution in [0.3, 0.4) is 0 Å². The summed E-state index contributed by atoms with van der Waals surface area (Å²) in [5, 5.41) is 0. The molecule has 1 aliphatic rings. The third-order valence-electron chi connectivity index (χ3n) is 2.11. The summed E-state index contributed by atoms with van der Waals surface area (Å²) in [5.41, 5.74) is 0.478. The third kappa shape index (κ3) is 2.13. The van der Waals surface area contributed by atoms with Gasteiger partial charge in [0.1, 0.15) is 5.76 Å². The molecule has 0 spiro atoms. The Hall–Kier alpha value is -1.32. The zero-order valence-corrected chi connectivity index (χ0v) is 8.62. The first-order chi connectivity index (χ1) is 6.56. The summed E-state index contributed by atoms with van der Waals surface area (Å²) in [4.78, 5) is 22.5. The highest BCUT2D eigenvalue weighted by molar-refractivity contribution is 5.92. The predicted octanol–water partition coefficient (Wildman–Crippen LogP) is 1.41. The minimum absolute atomic E-state index is 0.115. The van der Waals surface area contributed by atoms with Crippen LogP contribution in [-0.4, -0.2) is 18.5 Å². The quantitative estimate of drug-likeness (QED) is 0.629. The fraction of sp³-hybridized carbons (Fsp3) is 0.600. The first kappa shape index (κ1) is 10.8. The van der Waals surface area contributed by atoms with Crippen molar-refractivity contribution in [3.63, 3.8) is 0 Å². The third-order valence-corrected chi connectivity index (χ3v) is 2.11. The van der Waals surface area contributed by atoms with Crippen LogP contribution >= 0.6 is 0 Å². The Morgan fingerprint density at radius 1 is 1.64 bits per heavy atom. The second kappa shape index (κ2) is 4.26. The van der Waals surface area contributed by atoms with E-state index >= 15 is 0 Å². The second-order valence-corrected chi connectivity index (χ2v) is 3.27. The van der Waals surface area contributed by atoms with E-state index in [-0.39, 0.29) is 24.3 Å². The molecule has 1 atom stereocenters. The number of ether oxygens (including phenoxy) is 2. The van der Waals surface area contributed by atoms with Gasteiger partial charge in [-0.1, -0.05) is 6.92 Å². The standard InChI is InChI=1S/C10H14O4/c1-4-13-10(12)9-6(2)5-8(11)14-7(9)3/h6H,4-5H2,1-3H3. The van der Waals surface area contributed by atoms with E-state index < -0.39 is 0 Å². The molecule has 0 fully saturated rings. The molecule has 0 aromatic carbocycles. The van der Waals surface area contributed by atoms with Gasteiger partial charge in [-0.05, 0) is 13.8 Å². The van der Waals surface area contributed by atoms with Gasteiger partial charge in [-0.3, -0.25) is 4.79 Å². The Balaban J connectivity index is 2.88. The fourth-order valence-electron chi connectivity index (χ4n) is 1.52. The van der Waals surface area contributed by atoms with Crippen LogP contribution in [-0.2, 0) is 19.1 Å². The van der Waals surface area contributed by atoms with Gasteiger partial charge in [-0.25, -0.2) is 4.79 Å². The van der Waals surface area contributed by atoms with E-state index in [0.29, 0.717) is 17.9 Å². The Morgan fingerprint density at radius 3 is 2.79 bits per heavy atom. The number of hydrogen-bond donors (Lipinski definition) is 0. The molecular formula is C10H14O4. The van der Waals surface area contributed by atoms with Crippen molar-refractivity contribution in [2.24, 2.45) is 5.92 Å². The summed E-state index contributed by atoms with van der Waals surface area (Å²) in [6.07, 6.45) is 0.242. The molecule has 0 aromatic heterocycles. The van der Waals surface area contributed by atoms with Crippen molar-refractivity contribution in [3.05, 3.63) is 11.3 Å². The van der Waals surface area contributed by atoms with E-state index in [1.165, 1.54) is 0 Å². The van der Waals surface area contributed by atoms with Crippen LogP contribution in [0.4, 0.5) is 0 Å². The second-order valence-electron chi connectivity index (χ2n) is 3.27. The molecule has 0 aliphatic carbocycles. The van der Waals surface area contributed by atoms with Gasteiger partial charge < -0.3 is 9.47 Å². The van der Waals surface area contributed by atoms with Crippen LogP contribution in [0.15, 0.2) is 11.3 Å². The number of rotatable bonds is 2. The van der Waals surface area contributed by atoms with Crippen LogP contribution in [0.2, 0.25) is 0 Å². The molecule has 0 saturated carbocycles. The molecule has 78 valence electrons. The molecule has 4 nitrogen and oxygen atoms in total. The van der Waals surface area contributed by atoms with E-state index in [1.54, 1.807) is 13.8 Å². The molecular weight excluding hydrogens is 184 g/mol. The zero-order chi connectivity index (χ0) is 10.7. The monoisotopic (exact) mass is 198 g/mol. The lowest BCUT2D eigenvalue weighted by atomic mass is 9.95. The summed E-state index contributed by atoms with van der Waals surface area (Å²) < 4.78 is 9.75. The van der Waals surface area contributed by atoms with Crippen molar-refractivity contribution in [2.45, 2.75) is 27.2 Å². The van der Waals surface area contributed by atoms with Crippen molar-refractivity contribution in [3.8, 4) is 0 Å². The smallest absolute Gasteiger partial charge is 0.337 e. The summed E-state index contributed by atoms with van der Waals surface area (Å²) >= 11 is 0. The number of carbonyl (C=O) groups is 2. The van der Waals surface area contributed by atoms with Crippen LogP contribution < -0.4 is 0 Å². The van der Waals surface area contributed by atoms with E-state index in [4.69, 9.17) is 9.47 Å². The van der Waals surface area contributed by atoms with Crippen LogP contribution in [0.5, 0.6) is 0 Å². The van der Waals surface area contributed by atoms with Crippen LogP contribution in [0.1, 0.15) is 27.2 Å². The molecule has 0 bridgehead atoms. The SMILES string of the molecule is CCOC(=O)C1=C(C)OC(=O)CC1C. The largest absolute Gasteiger partial charge is 0.463 e. The normalized spacial score (nSPS) is 21.9. The van der Waals surface area contributed by atoms with Gasteiger partial charge in [0.15, 0.2) is 0 Å². The van der Waals surface area contributed by atoms with E-state index in [0.717, 1.165) is 0 Å². The number of carbonyl (C=O) groups excluding carboxylic acids is 2. The maximum Gasteiger partial charge on any atom is 0.337 e. The van der Waals surface area contributed by atoms with Gasteiger partial charge in [0, 0.05) is 5.92 Å². The van der Waals surface area contributed by atoms with E-state index in [9.17, 15) is 9.59 Å². The molecule has 0 aromatic rings. The van der Waals surface area contributed by atoms with Crippen LogP contribution in [0, 0.1) is 5.92 Å². The molecule has 4 heteroatoms. The Bertz CT molecular complexity index is 290. The van der Waals surface area contributed by atoms with Gasteiger partial charge in [0.05, 0.1) is 18.6 Å². The highest BCUT2D eigenvalue weighted by atomic mass is 16.5. The summed E-state index contributed by atoms with van der Waals surface area (Å²) in [6, 6.07) is 0. The van der Waals surface area contributed by atoms with Gasteiger partial charge >= 0.3 is 11.9 Å². The van der Waals surface area contributed by atoms with E-state index in [2.05, 4.69) is 0 Å². The topological polar surface area (TPSA) is 52.6 Å². The predicted molar refractivity (Wildman–Crippen MR) is 49.2 cm³/mol. The highest BCUT2D eigenvalue weighted by Crippen LogP contribution is 2.26. The minimum atomic E-state index is -0.384. The van der Waals surface area contributed by atoms with Crippen molar-refractivity contribution in [1.82, 2.24) is 0 Å². The highest BCUT2D eigenvalue weighted by Gasteiger charge is 2.29. The molecule has 0 saturated heterocycles. The van der Waals surface area contributed by atoms with E-state index in [1.807, 2.05) is 6.92 Å². The van der Waals surface area contributed by atoms with Crippen LogP contribution in [0.25, 0.3) is 0 Å². The first-order valence-electron chi connectivity index (χ1n) is 4.64. The average Bonchev–Trinajstić information content (AvgIpc) is 2.01.